The molecule has 0 heterocycles. The Balaban J connectivity index is 3.52. The van der Waals surface area contributed by atoms with Crippen LogP contribution in [0.4, 0.5) is 4.79 Å². The molecule has 0 aliphatic rings. The molecule has 0 spiro atoms. The fourth-order valence-electron chi connectivity index (χ4n) is 1.49. The quantitative estimate of drug-likeness (QED) is 0.689. The summed E-state index contributed by atoms with van der Waals surface area (Å²) in [4.78, 5) is 10.0. The average Bonchev–Trinajstić information content (AvgIpc) is 1.81. The van der Waals surface area contributed by atoms with Gasteiger partial charge in [0.25, 0.3) is 0 Å². The maximum absolute atomic E-state index is 10.0. The molecule has 0 aliphatic carbocycles. The maximum Gasteiger partial charge on any atom is 0.505 e. The van der Waals surface area contributed by atoms with Crippen molar-refractivity contribution in [2.75, 3.05) is 6.61 Å². The van der Waals surface area contributed by atoms with Gasteiger partial charge in [0.05, 0.1) is 6.61 Å². The van der Waals surface area contributed by atoms with Gasteiger partial charge >= 0.3 is 6.16 Å². The Bertz CT molecular complexity index is 158. The minimum absolute atomic E-state index is 0.308. The summed E-state index contributed by atoms with van der Waals surface area (Å²) < 4.78 is 4.44. The van der Waals surface area contributed by atoms with Crippen molar-refractivity contribution in [3.8, 4) is 0 Å². The SMILES string of the molecule is CC(CCOC(=O)O)CC(C)(C)C. The van der Waals surface area contributed by atoms with Crippen LogP contribution in [0.2, 0.25) is 0 Å². The summed E-state index contributed by atoms with van der Waals surface area (Å²) in [6, 6.07) is 0. The van der Waals surface area contributed by atoms with Crippen LogP contribution in [0.1, 0.15) is 40.5 Å². The number of carboxylic acid groups (broad SMARTS) is 1. The molecule has 1 unspecified atom stereocenters. The second kappa shape index (κ2) is 5.10. The van der Waals surface area contributed by atoms with Crippen molar-refractivity contribution in [3.63, 3.8) is 0 Å². The Morgan fingerprint density at radius 2 is 2.00 bits per heavy atom. The Morgan fingerprint density at radius 1 is 1.46 bits per heavy atom. The lowest BCUT2D eigenvalue weighted by Gasteiger charge is -2.22. The Hall–Kier alpha value is -0.730. The molecule has 1 N–H and O–H groups in total. The fraction of sp³-hybridized carbons (Fsp3) is 0.900. The molecule has 0 saturated carbocycles. The molecule has 0 fully saturated rings. The van der Waals surface area contributed by atoms with Crippen LogP contribution >= 0.6 is 0 Å². The molecule has 0 aromatic carbocycles. The molecular formula is C10H20O3. The van der Waals surface area contributed by atoms with Crippen LogP contribution in [-0.4, -0.2) is 17.9 Å². The van der Waals surface area contributed by atoms with Crippen molar-refractivity contribution in [1.29, 1.82) is 0 Å². The third-order valence-corrected chi connectivity index (χ3v) is 1.80. The van der Waals surface area contributed by atoms with E-state index in [0.717, 1.165) is 12.8 Å². The third-order valence-electron chi connectivity index (χ3n) is 1.80. The van der Waals surface area contributed by atoms with Crippen molar-refractivity contribution in [1.82, 2.24) is 0 Å². The number of hydrogen-bond donors (Lipinski definition) is 1. The molecule has 0 amide bonds. The zero-order valence-electron chi connectivity index (χ0n) is 8.96. The molecule has 13 heavy (non-hydrogen) atoms. The van der Waals surface area contributed by atoms with Crippen molar-refractivity contribution >= 4 is 6.16 Å². The topological polar surface area (TPSA) is 46.5 Å². The van der Waals surface area contributed by atoms with Gasteiger partial charge in [-0.3, -0.25) is 0 Å². The van der Waals surface area contributed by atoms with E-state index >= 15 is 0 Å². The van der Waals surface area contributed by atoms with Gasteiger partial charge in [-0.05, 0) is 24.2 Å². The standard InChI is InChI=1S/C10H20O3/c1-8(7-10(2,3)4)5-6-13-9(11)12/h8H,5-7H2,1-4H3,(H,11,12). The Kier molecular flexibility index (Phi) is 4.81. The first-order valence-corrected chi connectivity index (χ1v) is 4.67. The van der Waals surface area contributed by atoms with Gasteiger partial charge in [0.2, 0.25) is 0 Å². The van der Waals surface area contributed by atoms with Gasteiger partial charge in [-0.2, -0.15) is 0 Å². The van der Waals surface area contributed by atoms with Crippen LogP contribution < -0.4 is 0 Å². The van der Waals surface area contributed by atoms with E-state index in [2.05, 4.69) is 32.4 Å². The second-order valence-electron chi connectivity index (χ2n) is 4.77. The first kappa shape index (κ1) is 12.3. The normalized spacial score (nSPS) is 13.8. The van der Waals surface area contributed by atoms with Crippen LogP contribution in [0.25, 0.3) is 0 Å². The highest BCUT2D eigenvalue weighted by molar-refractivity contribution is 5.56. The van der Waals surface area contributed by atoms with Crippen LogP contribution in [0.15, 0.2) is 0 Å². The molecule has 0 bridgehead atoms. The largest absolute Gasteiger partial charge is 0.505 e. The number of carbonyl (C=O) groups is 1. The van der Waals surface area contributed by atoms with E-state index in [4.69, 9.17) is 5.11 Å². The predicted octanol–water partition coefficient (Wildman–Crippen LogP) is 3.14. The summed E-state index contributed by atoms with van der Waals surface area (Å²) >= 11 is 0. The van der Waals surface area contributed by atoms with Gasteiger partial charge in [-0.25, -0.2) is 4.79 Å². The van der Waals surface area contributed by atoms with Crippen molar-refractivity contribution in [3.05, 3.63) is 0 Å². The molecular weight excluding hydrogens is 168 g/mol. The summed E-state index contributed by atoms with van der Waals surface area (Å²) in [5.74, 6) is 0.513. The molecule has 3 nitrogen and oxygen atoms in total. The second-order valence-corrected chi connectivity index (χ2v) is 4.77. The minimum atomic E-state index is -1.18. The van der Waals surface area contributed by atoms with Gasteiger partial charge in [0.15, 0.2) is 0 Å². The van der Waals surface area contributed by atoms with Gasteiger partial charge in [-0.1, -0.05) is 27.7 Å². The number of rotatable bonds is 4. The Morgan fingerprint density at radius 3 is 2.38 bits per heavy atom. The zero-order valence-corrected chi connectivity index (χ0v) is 8.96. The summed E-state index contributed by atoms with van der Waals surface area (Å²) in [5, 5.41) is 8.24. The first-order valence-electron chi connectivity index (χ1n) is 4.67. The monoisotopic (exact) mass is 188 g/mol. The lowest BCUT2D eigenvalue weighted by molar-refractivity contribution is 0.0849. The van der Waals surface area contributed by atoms with Gasteiger partial charge in [-0.15, -0.1) is 0 Å². The fourth-order valence-corrected chi connectivity index (χ4v) is 1.49. The first-order chi connectivity index (χ1) is 5.81. The lowest BCUT2D eigenvalue weighted by Crippen LogP contribution is -2.13. The Labute approximate surface area is 80.1 Å². The van der Waals surface area contributed by atoms with Crippen molar-refractivity contribution in [2.24, 2.45) is 11.3 Å². The van der Waals surface area contributed by atoms with Gasteiger partial charge < -0.3 is 9.84 Å². The molecule has 0 aromatic rings. The van der Waals surface area contributed by atoms with E-state index in [9.17, 15) is 4.79 Å². The molecule has 1 atom stereocenters. The third kappa shape index (κ3) is 9.18. The molecule has 0 saturated heterocycles. The average molecular weight is 188 g/mol. The van der Waals surface area contributed by atoms with E-state index in [1.807, 2.05) is 0 Å². The maximum atomic E-state index is 10.0. The van der Waals surface area contributed by atoms with E-state index in [0.29, 0.717) is 17.9 Å². The zero-order chi connectivity index (χ0) is 10.5. The summed E-state index contributed by atoms with van der Waals surface area (Å²) in [6.07, 6.45) is 0.725. The van der Waals surface area contributed by atoms with Gasteiger partial charge in [0, 0.05) is 0 Å². The van der Waals surface area contributed by atoms with E-state index in [1.165, 1.54) is 0 Å². The smallest absolute Gasteiger partial charge is 0.450 e. The summed E-state index contributed by atoms with van der Waals surface area (Å²) in [5.41, 5.74) is 0.308. The van der Waals surface area contributed by atoms with E-state index in [-0.39, 0.29) is 0 Å². The molecule has 0 aliphatic heterocycles. The van der Waals surface area contributed by atoms with Crippen molar-refractivity contribution in [2.45, 2.75) is 40.5 Å². The van der Waals surface area contributed by atoms with E-state index < -0.39 is 6.16 Å². The molecule has 0 rings (SSSR count). The highest BCUT2D eigenvalue weighted by Gasteiger charge is 2.15. The van der Waals surface area contributed by atoms with E-state index in [1.54, 1.807) is 0 Å². The van der Waals surface area contributed by atoms with Crippen molar-refractivity contribution < 1.29 is 14.6 Å². The highest BCUT2D eigenvalue weighted by Crippen LogP contribution is 2.25. The van der Waals surface area contributed by atoms with Crippen LogP contribution in [0.3, 0.4) is 0 Å². The molecule has 0 aromatic heterocycles. The predicted molar refractivity (Wildman–Crippen MR) is 51.8 cm³/mol. The minimum Gasteiger partial charge on any atom is -0.450 e. The number of ether oxygens (including phenoxy) is 1. The number of hydrogen-bond acceptors (Lipinski definition) is 2. The van der Waals surface area contributed by atoms with Gasteiger partial charge in [0.1, 0.15) is 0 Å². The molecule has 3 heteroatoms. The summed E-state index contributed by atoms with van der Waals surface area (Å²) in [7, 11) is 0. The molecule has 0 radical (unpaired) electrons. The van der Waals surface area contributed by atoms with Crippen LogP contribution in [-0.2, 0) is 4.74 Å². The van der Waals surface area contributed by atoms with Crippen LogP contribution in [0, 0.1) is 11.3 Å². The highest BCUT2D eigenvalue weighted by atomic mass is 16.7. The van der Waals surface area contributed by atoms with Crippen LogP contribution in [0.5, 0.6) is 0 Å². The molecule has 78 valence electrons. The summed E-state index contributed by atoms with van der Waals surface area (Å²) in [6.45, 7) is 8.98. The lowest BCUT2D eigenvalue weighted by atomic mass is 9.84.